The number of unbranched alkanes of at least 4 members (excludes halogenated alkanes) is 5. The van der Waals surface area contributed by atoms with Crippen LogP contribution in [0.3, 0.4) is 0 Å². The van der Waals surface area contributed by atoms with Crippen molar-refractivity contribution >= 4 is 11.9 Å². The van der Waals surface area contributed by atoms with Crippen molar-refractivity contribution in [3.8, 4) is 11.5 Å². The topological polar surface area (TPSA) is 61.8 Å². The second-order valence-electron chi connectivity index (χ2n) is 11.2. The number of hydrogen-bond acceptors (Lipinski definition) is 5. The van der Waals surface area contributed by atoms with E-state index >= 15 is 0 Å². The van der Waals surface area contributed by atoms with Gasteiger partial charge in [0.25, 0.3) is 0 Å². The lowest BCUT2D eigenvalue weighted by atomic mass is 9.83. The zero-order chi connectivity index (χ0) is 29.5. The van der Waals surface area contributed by atoms with Crippen LogP contribution in [0.1, 0.15) is 113 Å². The molecule has 5 nitrogen and oxygen atoms in total. The Morgan fingerprint density at radius 1 is 0.878 bits per heavy atom. The smallest absolute Gasteiger partial charge is 0.346 e. The average Bonchev–Trinajstić information content (AvgIpc) is 2.98. The highest BCUT2D eigenvalue weighted by Crippen LogP contribution is 2.30. The summed E-state index contributed by atoms with van der Waals surface area (Å²) in [5.74, 6) is -0.828. The van der Waals surface area contributed by atoms with E-state index in [1.54, 1.807) is 18.2 Å². The van der Waals surface area contributed by atoms with Crippen LogP contribution in [0, 0.1) is 11.7 Å². The monoisotopic (exact) mass is 572 g/mol. The van der Waals surface area contributed by atoms with Crippen LogP contribution in [0.5, 0.6) is 11.5 Å². The van der Waals surface area contributed by atoms with Crippen molar-refractivity contribution < 1.29 is 32.6 Å². The molecule has 0 amide bonds. The molecule has 1 aliphatic carbocycles. The third kappa shape index (κ3) is 11.4. The van der Waals surface area contributed by atoms with Crippen molar-refractivity contribution in [2.24, 2.45) is 5.92 Å². The summed E-state index contributed by atoms with van der Waals surface area (Å²) in [6, 6.07) is 11.5. The van der Waals surface area contributed by atoms with Crippen LogP contribution in [0.4, 0.5) is 8.78 Å². The molecule has 41 heavy (non-hydrogen) atoms. The minimum absolute atomic E-state index is 0.131. The van der Waals surface area contributed by atoms with E-state index in [0.29, 0.717) is 30.4 Å². The molecule has 0 heterocycles. The summed E-state index contributed by atoms with van der Waals surface area (Å²) in [7, 11) is 0. The molecule has 0 unspecified atom stereocenters. The molecule has 2 aromatic carbocycles. The molecule has 0 aliphatic heterocycles. The van der Waals surface area contributed by atoms with E-state index in [1.807, 2.05) is 19.1 Å². The molecule has 0 N–H and O–H groups in total. The number of hydrogen-bond donors (Lipinski definition) is 0. The number of rotatable bonds is 17. The first-order chi connectivity index (χ1) is 19.9. The van der Waals surface area contributed by atoms with Crippen LogP contribution in [0.25, 0.3) is 0 Å². The largest absolute Gasteiger partial charge is 0.493 e. The van der Waals surface area contributed by atoms with Crippen LogP contribution < -0.4 is 9.47 Å². The van der Waals surface area contributed by atoms with Crippen LogP contribution >= 0.6 is 0 Å². The number of carbonyl (C=O) groups excluding carboxylic acids is 2. The fourth-order valence-corrected chi connectivity index (χ4v) is 5.18. The third-order valence-electron chi connectivity index (χ3n) is 7.80. The first kappa shape index (κ1) is 32.6. The standard InChI is InChI=1S/C34H46F2O5/c1-3-5-7-8-9-23-39-29-21-22-30(32(36)24-29)33(37)40-27-17-13-25(14-18-27)11-12-26-15-19-28(20-16-26)41-34(38)31(35)10-6-4-2/h13-14,17-18,21-22,24,26,28,31H,3-12,15-16,19-20,23H2,1-2H3/t26-,28-,31-/m0/s1. The Hall–Kier alpha value is -2.96. The molecule has 3 rings (SSSR count). The summed E-state index contributed by atoms with van der Waals surface area (Å²) in [5.41, 5.74) is 0.991. The van der Waals surface area contributed by atoms with E-state index in [1.165, 1.54) is 31.4 Å². The normalized spacial score (nSPS) is 17.6. The van der Waals surface area contributed by atoms with E-state index in [9.17, 15) is 18.4 Å². The highest BCUT2D eigenvalue weighted by atomic mass is 19.1. The SMILES string of the molecule is CCCCCCCOc1ccc(C(=O)Oc2ccc(CC[C@H]3CC[C@H](OC(=O)[C@@H](F)CCCC)CC3)cc2)c(F)c1. The zero-order valence-electron chi connectivity index (χ0n) is 24.7. The molecular weight excluding hydrogens is 526 g/mol. The Morgan fingerprint density at radius 2 is 1.56 bits per heavy atom. The Balaban J connectivity index is 1.37. The van der Waals surface area contributed by atoms with Crippen molar-refractivity contribution in [1.82, 2.24) is 0 Å². The molecule has 0 radical (unpaired) electrons. The lowest BCUT2D eigenvalue weighted by Crippen LogP contribution is -2.29. The first-order valence-corrected chi connectivity index (χ1v) is 15.5. The quantitative estimate of drug-likeness (QED) is 0.108. The van der Waals surface area contributed by atoms with E-state index in [-0.39, 0.29) is 18.1 Å². The number of carbonyl (C=O) groups is 2. The predicted octanol–water partition coefficient (Wildman–Crippen LogP) is 8.96. The van der Waals surface area contributed by atoms with Gasteiger partial charge in [-0.25, -0.2) is 18.4 Å². The van der Waals surface area contributed by atoms with Crippen LogP contribution in [-0.4, -0.2) is 30.8 Å². The van der Waals surface area contributed by atoms with Gasteiger partial charge in [0.05, 0.1) is 12.2 Å². The number of benzene rings is 2. The Labute approximate surface area is 244 Å². The molecule has 0 saturated heterocycles. The van der Waals surface area contributed by atoms with Gasteiger partial charge in [0, 0.05) is 6.07 Å². The molecule has 1 fully saturated rings. The maximum Gasteiger partial charge on any atom is 0.346 e. The molecule has 0 spiro atoms. The molecule has 0 aromatic heterocycles. The lowest BCUT2D eigenvalue weighted by Gasteiger charge is -2.28. The summed E-state index contributed by atoms with van der Waals surface area (Å²) < 4.78 is 44.9. The fourth-order valence-electron chi connectivity index (χ4n) is 5.18. The lowest BCUT2D eigenvalue weighted by molar-refractivity contribution is -0.157. The van der Waals surface area contributed by atoms with E-state index < -0.39 is 23.9 Å². The number of esters is 2. The van der Waals surface area contributed by atoms with Gasteiger partial charge >= 0.3 is 11.9 Å². The molecule has 0 bridgehead atoms. The average molecular weight is 573 g/mol. The van der Waals surface area contributed by atoms with Crippen molar-refractivity contribution in [3.05, 3.63) is 59.4 Å². The van der Waals surface area contributed by atoms with Crippen molar-refractivity contribution in [3.63, 3.8) is 0 Å². The van der Waals surface area contributed by atoms with Gasteiger partial charge in [-0.3, -0.25) is 0 Å². The van der Waals surface area contributed by atoms with E-state index in [2.05, 4.69) is 6.92 Å². The molecule has 226 valence electrons. The molecule has 1 atom stereocenters. The summed E-state index contributed by atoms with van der Waals surface area (Å²) in [6.07, 6.45) is 11.0. The van der Waals surface area contributed by atoms with Gasteiger partial charge in [-0.1, -0.05) is 64.5 Å². The molecule has 1 saturated carbocycles. The van der Waals surface area contributed by atoms with Gasteiger partial charge in [-0.2, -0.15) is 0 Å². The van der Waals surface area contributed by atoms with Crippen molar-refractivity contribution in [1.29, 1.82) is 0 Å². The number of halogens is 2. The summed E-state index contributed by atoms with van der Waals surface area (Å²) >= 11 is 0. The highest BCUT2D eigenvalue weighted by molar-refractivity contribution is 5.91. The van der Waals surface area contributed by atoms with Crippen LogP contribution in [0.15, 0.2) is 42.5 Å². The Morgan fingerprint density at radius 3 is 2.24 bits per heavy atom. The molecule has 1 aliphatic rings. The van der Waals surface area contributed by atoms with Gasteiger partial charge in [0.1, 0.15) is 23.4 Å². The second-order valence-corrected chi connectivity index (χ2v) is 11.2. The van der Waals surface area contributed by atoms with Gasteiger partial charge in [0.2, 0.25) is 0 Å². The van der Waals surface area contributed by atoms with Gasteiger partial charge in [-0.05, 0) is 87.1 Å². The maximum atomic E-state index is 14.6. The van der Waals surface area contributed by atoms with Gasteiger partial charge in [0.15, 0.2) is 6.17 Å². The summed E-state index contributed by atoms with van der Waals surface area (Å²) in [4.78, 5) is 24.5. The van der Waals surface area contributed by atoms with E-state index in [0.717, 1.165) is 63.4 Å². The third-order valence-corrected chi connectivity index (χ3v) is 7.80. The molecule has 2 aromatic rings. The van der Waals surface area contributed by atoms with Crippen molar-refractivity contribution in [2.75, 3.05) is 6.61 Å². The van der Waals surface area contributed by atoms with Gasteiger partial charge < -0.3 is 14.2 Å². The van der Waals surface area contributed by atoms with E-state index in [4.69, 9.17) is 14.2 Å². The van der Waals surface area contributed by atoms with Crippen molar-refractivity contribution in [2.45, 2.75) is 116 Å². The Kier molecular flexibility index (Phi) is 14.1. The van der Waals surface area contributed by atoms with Gasteiger partial charge in [-0.15, -0.1) is 0 Å². The predicted molar refractivity (Wildman–Crippen MR) is 157 cm³/mol. The zero-order valence-corrected chi connectivity index (χ0v) is 24.7. The summed E-state index contributed by atoms with van der Waals surface area (Å²) in [5, 5.41) is 0. The van der Waals surface area contributed by atoms with Crippen LogP contribution in [-0.2, 0) is 16.0 Å². The number of ether oxygens (including phenoxy) is 3. The number of alkyl halides is 1. The minimum Gasteiger partial charge on any atom is -0.493 e. The minimum atomic E-state index is -1.51. The fraction of sp³-hybridized carbons (Fsp3) is 0.588. The number of aryl methyl sites for hydroxylation is 1. The first-order valence-electron chi connectivity index (χ1n) is 15.5. The van der Waals surface area contributed by atoms with Crippen LogP contribution in [0.2, 0.25) is 0 Å². The Bertz CT molecular complexity index is 1060. The second kappa shape index (κ2) is 17.8. The highest BCUT2D eigenvalue weighted by Gasteiger charge is 2.27. The molecular formula is C34H46F2O5. The molecule has 7 heteroatoms. The summed E-state index contributed by atoms with van der Waals surface area (Å²) in [6.45, 7) is 4.66. The maximum absolute atomic E-state index is 14.6.